The maximum absolute atomic E-state index is 11.8. The number of nitrogens with one attached hydrogen (secondary N) is 1. The normalized spacial score (nSPS) is 13.1. The van der Waals surface area contributed by atoms with E-state index in [4.69, 9.17) is 5.11 Å². The van der Waals surface area contributed by atoms with Crippen molar-refractivity contribution in [3.8, 4) is 0 Å². The standard InChI is InChI=1S/C26H51NO4/c1-3-4-5-6-7-8-9-10-11-12-13-14-15-16-17-18-19-20-21-22-24(29)27-25(23(2)28)26(30)31/h23,25,28H,3-22H2,1-2H3,(H,27,29)(H,30,31)/t23-,25+/m1/s1. The first kappa shape index (κ1) is 29.9. The molecule has 0 radical (unpaired) electrons. The van der Waals surface area contributed by atoms with Gasteiger partial charge in [-0.15, -0.1) is 0 Å². The lowest BCUT2D eigenvalue weighted by molar-refractivity contribution is -0.144. The third-order valence-electron chi connectivity index (χ3n) is 6.07. The molecular formula is C26H51NO4. The Morgan fingerprint density at radius 1 is 0.645 bits per heavy atom. The molecule has 3 N–H and O–H groups in total. The Labute approximate surface area is 191 Å². The van der Waals surface area contributed by atoms with E-state index in [9.17, 15) is 14.7 Å². The van der Waals surface area contributed by atoms with Gasteiger partial charge in [-0.25, -0.2) is 4.79 Å². The molecule has 0 spiro atoms. The highest BCUT2D eigenvalue weighted by molar-refractivity contribution is 5.83. The molecule has 2 atom stereocenters. The number of unbranched alkanes of at least 4 members (excludes halogenated alkanes) is 18. The molecule has 0 aliphatic rings. The number of rotatable bonds is 23. The van der Waals surface area contributed by atoms with Crippen LogP contribution in [0.3, 0.4) is 0 Å². The second-order valence-electron chi connectivity index (χ2n) is 9.24. The predicted molar refractivity (Wildman–Crippen MR) is 129 cm³/mol. The zero-order valence-corrected chi connectivity index (χ0v) is 20.5. The van der Waals surface area contributed by atoms with Crippen molar-refractivity contribution in [1.82, 2.24) is 5.32 Å². The van der Waals surface area contributed by atoms with Crippen molar-refractivity contribution in [3.05, 3.63) is 0 Å². The summed E-state index contributed by atoms with van der Waals surface area (Å²) in [5.74, 6) is -1.49. The molecule has 0 bridgehead atoms. The number of carbonyl (C=O) groups excluding carboxylic acids is 1. The Morgan fingerprint density at radius 3 is 1.26 bits per heavy atom. The summed E-state index contributed by atoms with van der Waals surface area (Å²) in [5.41, 5.74) is 0. The van der Waals surface area contributed by atoms with Gasteiger partial charge in [-0.1, -0.05) is 122 Å². The van der Waals surface area contributed by atoms with Crippen molar-refractivity contribution in [1.29, 1.82) is 0 Å². The number of carboxylic acid groups (broad SMARTS) is 1. The fourth-order valence-corrected chi connectivity index (χ4v) is 4.00. The van der Waals surface area contributed by atoms with E-state index in [1.54, 1.807) is 0 Å². The van der Waals surface area contributed by atoms with Crippen LogP contribution in [0.5, 0.6) is 0 Å². The molecule has 0 saturated carbocycles. The highest BCUT2D eigenvalue weighted by Gasteiger charge is 2.24. The lowest BCUT2D eigenvalue weighted by Crippen LogP contribution is -2.47. The van der Waals surface area contributed by atoms with E-state index in [-0.39, 0.29) is 5.91 Å². The molecule has 1 amide bonds. The van der Waals surface area contributed by atoms with Gasteiger partial charge in [0.2, 0.25) is 5.91 Å². The Hall–Kier alpha value is -1.10. The van der Waals surface area contributed by atoms with Gasteiger partial charge in [0.15, 0.2) is 6.04 Å². The van der Waals surface area contributed by atoms with E-state index in [2.05, 4.69) is 12.2 Å². The minimum Gasteiger partial charge on any atom is -0.480 e. The van der Waals surface area contributed by atoms with Crippen molar-refractivity contribution in [2.24, 2.45) is 0 Å². The first-order valence-corrected chi connectivity index (χ1v) is 13.2. The molecule has 0 aliphatic heterocycles. The van der Waals surface area contributed by atoms with Crippen LogP contribution in [-0.2, 0) is 9.59 Å². The Kier molecular flexibility index (Phi) is 21.3. The summed E-state index contributed by atoms with van der Waals surface area (Å²) in [4.78, 5) is 22.7. The Bertz CT molecular complexity index is 426. The minimum absolute atomic E-state index is 0.291. The molecule has 0 aromatic carbocycles. The van der Waals surface area contributed by atoms with Gasteiger partial charge in [-0.3, -0.25) is 4.79 Å². The molecule has 0 aromatic heterocycles. The van der Waals surface area contributed by atoms with Gasteiger partial charge >= 0.3 is 5.97 Å². The van der Waals surface area contributed by atoms with Crippen molar-refractivity contribution in [3.63, 3.8) is 0 Å². The number of aliphatic hydroxyl groups excluding tert-OH is 1. The zero-order valence-electron chi connectivity index (χ0n) is 20.5. The van der Waals surface area contributed by atoms with E-state index in [0.29, 0.717) is 6.42 Å². The molecule has 0 aromatic rings. The summed E-state index contributed by atoms with van der Waals surface area (Å²) < 4.78 is 0. The van der Waals surface area contributed by atoms with Gasteiger partial charge in [-0.2, -0.15) is 0 Å². The van der Waals surface area contributed by atoms with Gasteiger partial charge in [0.1, 0.15) is 0 Å². The number of hydrogen-bond donors (Lipinski definition) is 3. The van der Waals surface area contributed by atoms with Crippen LogP contribution in [0.4, 0.5) is 0 Å². The van der Waals surface area contributed by atoms with Crippen LogP contribution < -0.4 is 5.32 Å². The third kappa shape index (κ3) is 20.6. The quantitative estimate of drug-likeness (QED) is 0.153. The lowest BCUT2D eigenvalue weighted by atomic mass is 10.0. The summed E-state index contributed by atoms with van der Waals surface area (Å²) >= 11 is 0. The highest BCUT2D eigenvalue weighted by atomic mass is 16.4. The molecule has 5 heteroatoms. The van der Waals surface area contributed by atoms with E-state index < -0.39 is 18.1 Å². The Balaban J connectivity index is 3.28. The minimum atomic E-state index is -1.21. The maximum Gasteiger partial charge on any atom is 0.328 e. The van der Waals surface area contributed by atoms with E-state index in [0.717, 1.165) is 19.3 Å². The number of aliphatic carboxylic acids is 1. The number of carboxylic acids is 1. The van der Waals surface area contributed by atoms with Gasteiger partial charge in [0.25, 0.3) is 0 Å². The van der Waals surface area contributed by atoms with Crippen LogP contribution in [-0.4, -0.2) is 34.2 Å². The maximum atomic E-state index is 11.8. The fraction of sp³-hybridized carbons (Fsp3) is 0.923. The average molecular weight is 442 g/mol. The van der Waals surface area contributed by atoms with Gasteiger partial charge in [0.05, 0.1) is 6.10 Å². The third-order valence-corrected chi connectivity index (χ3v) is 6.07. The molecule has 0 fully saturated rings. The van der Waals surface area contributed by atoms with Crippen molar-refractivity contribution in [2.45, 2.75) is 154 Å². The van der Waals surface area contributed by atoms with Crippen LogP contribution in [0, 0.1) is 0 Å². The first-order chi connectivity index (χ1) is 15.0. The Morgan fingerprint density at radius 2 is 0.968 bits per heavy atom. The van der Waals surface area contributed by atoms with Crippen LogP contribution in [0.1, 0.15) is 142 Å². The predicted octanol–water partition coefficient (Wildman–Crippen LogP) is 6.76. The van der Waals surface area contributed by atoms with E-state index in [1.165, 1.54) is 110 Å². The monoisotopic (exact) mass is 441 g/mol. The summed E-state index contributed by atoms with van der Waals surface area (Å²) in [5, 5.41) is 20.7. The molecule has 31 heavy (non-hydrogen) atoms. The second kappa shape index (κ2) is 22.1. The summed E-state index contributed by atoms with van der Waals surface area (Å²) in [6.07, 6.45) is 24.1. The number of aliphatic hydroxyl groups is 1. The van der Waals surface area contributed by atoms with Crippen molar-refractivity contribution < 1.29 is 19.8 Å². The summed E-state index contributed by atoms with van der Waals surface area (Å²) in [6.45, 7) is 3.64. The smallest absolute Gasteiger partial charge is 0.328 e. The van der Waals surface area contributed by atoms with E-state index in [1.807, 2.05) is 0 Å². The molecule has 0 saturated heterocycles. The van der Waals surface area contributed by atoms with E-state index >= 15 is 0 Å². The lowest BCUT2D eigenvalue weighted by Gasteiger charge is -2.16. The molecule has 184 valence electrons. The molecule has 0 aliphatic carbocycles. The van der Waals surface area contributed by atoms with Crippen LogP contribution in [0.15, 0.2) is 0 Å². The average Bonchev–Trinajstić information content (AvgIpc) is 2.73. The molecular weight excluding hydrogens is 390 g/mol. The SMILES string of the molecule is CCCCCCCCCCCCCCCCCCCCCC(=O)N[C@H](C(=O)O)[C@@H](C)O. The highest BCUT2D eigenvalue weighted by Crippen LogP contribution is 2.14. The number of amides is 1. The summed E-state index contributed by atoms with van der Waals surface area (Å²) in [6, 6.07) is -1.21. The van der Waals surface area contributed by atoms with Crippen molar-refractivity contribution >= 4 is 11.9 Å². The fourth-order valence-electron chi connectivity index (χ4n) is 4.00. The molecule has 5 nitrogen and oxygen atoms in total. The van der Waals surface area contributed by atoms with Gasteiger partial charge in [0, 0.05) is 6.42 Å². The van der Waals surface area contributed by atoms with Crippen LogP contribution >= 0.6 is 0 Å². The summed E-state index contributed by atoms with van der Waals surface area (Å²) in [7, 11) is 0. The molecule has 0 heterocycles. The molecule has 0 rings (SSSR count). The van der Waals surface area contributed by atoms with Crippen LogP contribution in [0.2, 0.25) is 0 Å². The number of hydrogen-bond acceptors (Lipinski definition) is 3. The van der Waals surface area contributed by atoms with Gasteiger partial charge in [-0.05, 0) is 13.3 Å². The first-order valence-electron chi connectivity index (χ1n) is 13.2. The molecule has 0 unspecified atom stereocenters. The van der Waals surface area contributed by atoms with Crippen molar-refractivity contribution in [2.75, 3.05) is 0 Å². The zero-order chi connectivity index (χ0) is 23.2. The number of carbonyl (C=O) groups is 2. The van der Waals surface area contributed by atoms with Crippen LogP contribution in [0.25, 0.3) is 0 Å². The topological polar surface area (TPSA) is 86.6 Å². The largest absolute Gasteiger partial charge is 0.480 e. The second-order valence-corrected chi connectivity index (χ2v) is 9.24. The van der Waals surface area contributed by atoms with Gasteiger partial charge < -0.3 is 15.5 Å².